The van der Waals surface area contributed by atoms with E-state index in [0.29, 0.717) is 27.6 Å². The van der Waals surface area contributed by atoms with Crippen LogP contribution in [0.3, 0.4) is 0 Å². The van der Waals surface area contributed by atoms with E-state index in [1.807, 2.05) is 0 Å². The summed E-state index contributed by atoms with van der Waals surface area (Å²) in [6.45, 7) is 0. The third-order valence-electron chi connectivity index (χ3n) is 2.61. The lowest BCUT2D eigenvalue weighted by Crippen LogP contribution is -1.92. The molecule has 0 aliphatic heterocycles. The van der Waals surface area contributed by atoms with Gasteiger partial charge in [0.15, 0.2) is 0 Å². The molecule has 0 aliphatic carbocycles. The van der Waals surface area contributed by atoms with E-state index in [9.17, 15) is 10.2 Å². The standard InChI is InChI=1S/C13H8Cl4O2/c14-8-4-12(18)10(16)2-6(8)1-7-3-11(17)13(19)5-9(7)15/h2-5,18-19H,1H2. The first-order chi connectivity index (χ1) is 8.88. The molecule has 19 heavy (non-hydrogen) atoms. The smallest absolute Gasteiger partial charge is 0.135 e. The number of phenols is 2. The average molecular weight is 338 g/mol. The molecule has 0 saturated carbocycles. The zero-order valence-electron chi connectivity index (χ0n) is 9.42. The summed E-state index contributed by atoms with van der Waals surface area (Å²) in [5.41, 5.74) is 1.40. The highest BCUT2D eigenvalue weighted by molar-refractivity contribution is 6.35. The maximum Gasteiger partial charge on any atom is 0.135 e. The van der Waals surface area contributed by atoms with Crippen molar-refractivity contribution in [3.8, 4) is 11.5 Å². The van der Waals surface area contributed by atoms with Crippen LogP contribution in [-0.2, 0) is 6.42 Å². The van der Waals surface area contributed by atoms with Crippen molar-refractivity contribution in [2.24, 2.45) is 0 Å². The van der Waals surface area contributed by atoms with Crippen molar-refractivity contribution in [2.45, 2.75) is 6.42 Å². The molecule has 0 aliphatic rings. The summed E-state index contributed by atoms with van der Waals surface area (Å²) in [5.74, 6) is -0.157. The summed E-state index contributed by atoms with van der Waals surface area (Å²) in [7, 11) is 0. The van der Waals surface area contributed by atoms with Crippen molar-refractivity contribution >= 4 is 46.4 Å². The van der Waals surface area contributed by atoms with E-state index in [2.05, 4.69) is 0 Å². The fourth-order valence-electron chi connectivity index (χ4n) is 1.63. The Morgan fingerprint density at radius 3 is 1.37 bits per heavy atom. The molecule has 2 aromatic rings. The Kier molecular flexibility index (Phi) is 4.36. The van der Waals surface area contributed by atoms with Gasteiger partial charge in [0.05, 0.1) is 10.0 Å². The largest absolute Gasteiger partial charge is 0.506 e. The van der Waals surface area contributed by atoms with Gasteiger partial charge < -0.3 is 10.2 Å². The Hall–Kier alpha value is -0.800. The molecule has 0 heterocycles. The molecule has 0 spiro atoms. The maximum absolute atomic E-state index is 9.43. The Morgan fingerprint density at radius 1 is 0.632 bits per heavy atom. The minimum Gasteiger partial charge on any atom is -0.506 e. The molecule has 6 heteroatoms. The van der Waals surface area contributed by atoms with Gasteiger partial charge in [0, 0.05) is 28.6 Å². The molecule has 0 unspecified atom stereocenters. The third kappa shape index (κ3) is 3.21. The highest BCUT2D eigenvalue weighted by Crippen LogP contribution is 2.35. The van der Waals surface area contributed by atoms with Gasteiger partial charge >= 0.3 is 0 Å². The van der Waals surface area contributed by atoms with Crippen LogP contribution < -0.4 is 0 Å². The third-order valence-corrected chi connectivity index (χ3v) is 3.92. The summed E-state index contributed by atoms with van der Waals surface area (Å²) in [4.78, 5) is 0. The second-order valence-electron chi connectivity index (χ2n) is 3.97. The Bertz CT molecular complexity index is 586. The first-order valence-electron chi connectivity index (χ1n) is 5.22. The number of phenolic OH excluding ortho intramolecular Hbond substituents is 2. The molecule has 2 N–H and O–H groups in total. The first-order valence-corrected chi connectivity index (χ1v) is 6.73. The summed E-state index contributed by atoms with van der Waals surface area (Å²) in [6, 6.07) is 5.87. The zero-order valence-corrected chi connectivity index (χ0v) is 12.4. The molecule has 100 valence electrons. The van der Waals surface area contributed by atoms with Crippen molar-refractivity contribution in [3.63, 3.8) is 0 Å². The molecule has 0 saturated heterocycles. The van der Waals surface area contributed by atoms with E-state index in [1.165, 1.54) is 12.1 Å². The van der Waals surface area contributed by atoms with Crippen LogP contribution in [0.1, 0.15) is 11.1 Å². The average Bonchev–Trinajstić information content (AvgIpc) is 2.32. The second-order valence-corrected chi connectivity index (χ2v) is 5.60. The number of halogens is 4. The molecule has 0 atom stereocenters. The van der Waals surface area contributed by atoms with Crippen LogP contribution in [0.5, 0.6) is 11.5 Å². The van der Waals surface area contributed by atoms with Crippen molar-refractivity contribution in [3.05, 3.63) is 55.5 Å². The molecule has 2 nitrogen and oxygen atoms in total. The van der Waals surface area contributed by atoms with Gasteiger partial charge in [-0.05, 0) is 23.3 Å². The Morgan fingerprint density at radius 2 is 1.00 bits per heavy atom. The number of aromatic hydroxyl groups is 2. The minimum atomic E-state index is -0.0785. The van der Waals surface area contributed by atoms with Gasteiger partial charge in [-0.3, -0.25) is 0 Å². The lowest BCUT2D eigenvalue weighted by atomic mass is 10.0. The molecule has 0 amide bonds. The van der Waals surface area contributed by atoms with Gasteiger partial charge in [0.25, 0.3) is 0 Å². The van der Waals surface area contributed by atoms with Gasteiger partial charge in [0.2, 0.25) is 0 Å². The zero-order chi connectivity index (χ0) is 14.2. The van der Waals surface area contributed by atoms with Gasteiger partial charge in [-0.25, -0.2) is 0 Å². The van der Waals surface area contributed by atoms with Crippen molar-refractivity contribution in [2.75, 3.05) is 0 Å². The molecule has 0 bridgehead atoms. The maximum atomic E-state index is 9.43. The number of rotatable bonds is 2. The van der Waals surface area contributed by atoms with E-state index >= 15 is 0 Å². The predicted molar refractivity (Wildman–Crippen MR) is 79.1 cm³/mol. The van der Waals surface area contributed by atoms with E-state index in [0.717, 1.165) is 0 Å². The Balaban J connectivity index is 2.42. The molecule has 2 rings (SSSR count). The van der Waals surface area contributed by atoms with Gasteiger partial charge in [-0.1, -0.05) is 46.4 Å². The fraction of sp³-hybridized carbons (Fsp3) is 0.0769. The quantitative estimate of drug-likeness (QED) is 0.780. The van der Waals surface area contributed by atoms with Crippen LogP contribution in [0.25, 0.3) is 0 Å². The normalized spacial score (nSPS) is 10.7. The van der Waals surface area contributed by atoms with E-state index in [-0.39, 0.29) is 21.5 Å². The van der Waals surface area contributed by atoms with E-state index in [4.69, 9.17) is 46.4 Å². The summed E-state index contributed by atoms with van der Waals surface area (Å²) in [5, 5.41) is 20.0. The minimum absolute atomic E-state index is 0.0785. The van der Waals surface area contributed by atoms with E-state index < -0.39 is 0 Å². The lowest BCUT2D eigenvalue weighted by molar-refractivity contribution is 0.475. The van der Waals surface area contributed by atoms with Crippen LogP contribution in [0, 0.1) is 0 Å². The fourth-order valence-corrected chi connectivity index (χ4v) is 2.45. The lowest BCUT2D eigenvalue weighted by Gasteiger charge is -2.09. The molecule has 0 radical (unpaired) electrons. The number of benzene rings is 2. The molecular weight excluding hydrogens is 330 g/mol. The van der Waals surface area contributed by atoms with Crippen LogP contribution in [-0.4, -0.2) is 10.2 Å². The van der Waals surface area contributed by atoms with Crippen LogP contribution in [0.4, 0.5) is 0 Å². The van der Waals surface area contributed by atoms with Gasteiger partial charge in [-0.2, -0.15) is 0 Å². The first kappa shape index (κ1) is 14.6. The SMILES string of the molecule is Oc1cc(Cl)c(Cc2cc(Cl)c(O)cc2Cl)cc1Cl. The van der Waals surface area contributed by atoms with Crippen LogP contribution >= 0.6 is 46.4 Å². The molecule has 0 aromatic heterocycles. The van der Waals surface area contributed by atoms with Crippen molar-refractivity contribution in [1.82, 2.24) is 0 Å². The summed E-state index contributed by atoms with van der Waals surface area (Å²) in [6.07, 6.45) is 0.387. The highest BCUT2D eigenvalue weighted by atomic mass is 35.5. The number of hydrogen-bond donors (Lipinski definition) is 2. The van der Waals surface area contributed by atoms with Gasteiger partial charge in [-0.15, -0.1) is 0 Å². The van der Waals surface area contributed by atoms with Crippen LogP contribution in [0.15, 0.2) is 24.3 Å². The van der Waals surface area contributed by atoms with Crippen molar-refractivity contribution < 1.29 is 10.2 Å². The molecular formula is C13H8Cl4O2. The van der Waals surface area contributed by atoms with Crippen LogP contribution in [0.2, 0.25) is 20.1 Å². The predicted octanol–water partition coefficient (Wildman–Crippen LogP) is 5.30. The van der Waals surface area contributed by atoms with Gasteiger partial charge in [0.1, 0.15) is 11.5 Å². The molecule has 2 aromatic carbocycles. The summed E-state index contributed by atoms with van der Waals surface area (Å²) >= 11 is 23.7. The highest BCUT2D eigenvalue weighted by Gasteiger charge is 2.11. The Labute approximate surface area is 130 Å². The topological polar surface area (TPSA) is 40.5 Å². The van der Waals surface area contributed by atoms with E-state index in [1.54, 1.807) is 12.1 Å². The van der Waals surface area contributed by atoms with Crippen molar-refractivity contribution in [1.29, 1.82) is 0 Å². The second kappa shape index (κ2) is 5.68. The molecule has 0 fully saturated rings. The monoisotopic (exact) mass is 336 g/mol. The summed E-state index contributed by atoms with van der Waals surface area (Å²) < 4.78 is 0. The number of hydrogen-bond acceptors (Lipinski definition) is 2.